The number of halogens is 1. The fraction of sp³-hybridized carbons (Fsp3) is 0.429. The Morgan fingerprint density at radius 2 is 2.42 bits per heavy atom. The Labute approximate surface area is 72.9 Å². The van der Waals surface area contributed by atoms with Crippen molar-refractivity contribution in [3.63, 3.8) is 0 Å². The molecule has 0 saturated heterocycles. The van der Waals surface area contributed by atoms with Crippen molar-refractivity contribution in [1.82, 2.24) is 4.98 Å². The van der Waals surface area contributed by atoms with E-state index in [4.69, 9.17) is 5.11 Å². The van der Waals surface area contributed by atoms with E-state index < -0.39 is 12.6 Å². The predicted octanol–water partition coefficient (Wildman–Crippen LogP) is 1.87. The summed E-state index contributed by atoms with van der Waals surface area (Å²) in [5.74, 6) is -1.10. The van der Waals surface area contributed by atoms with Gasteiger partial charge in [0.25, 0.3) is 0 Å². The lowest BCUT2D eigenvalue weighted by atomic mass is 10.4. The highest BCUT2D eigenvalue weighted by Gasteiger charge is 2.15. The van der Waals surface area contributed by atoms with Gasteiger partial charge >= 0.3 is 5.97 Å². The number of carboxylic acid groups (broad SMARTS) is 1. The van der Waals surface area contributed by atoms with Crippen LogP contribution in [0.15, 0.2) is 0 Å². The molecule has 0 aliphatic heterocycles. The van der Waals surface area contributed by atoms with Gasteiger partial charge in [-0.05, 0) is 6.42 Å². The molecule has 0 unspecified atom stereocenters. The standard InChI is InChI=1S/C7H8FNO2S/c1-2-5-9-4(3-8)6(12-5)7(10)11/h2-3H2,1H3,(H,10,11). The van der Waals surface area contributed by atoms with Crippen LogP contribution in [-0.4, -0.2) is 16.1 Å². The van der Waals surface area contributed by atoms with Crippen molar-refractivity contribution in [3.05, 3.63) is 15.6 Å². The number of alkyl halides is 1. The molecule has 0 bridgehead atoms. The SMILES string of the molecule is CCc1nc(CF)c(C(=O)O)s1. The third kappa shape index (κ3) is 1.61. The van der Waals surface area contributed by atoms with Crippen molar-refractivity contribution in [1.29, 1.82) is 0 Å². The van der Waals surface area contributed by atoms with E-state index in [1.54, 1.807) is 0 Å². The second-order valence-corrected chi connectivity index (χ2v) is 3.26. The highest BCUT2D eigenvalue weighted by molar-refractivity contribution is 7.13. The summed E-state index contributed by atoms with van der Waals surface area (Å²) in [6.07, 6.45) is 0.644. The summed E-state index contributed by atoms with van der Waals surface area (Å²) in [7, 11) is 0. The number of aryl methyl sites for hydroxylation is 1. The Kier molecular flexibility index (Phi) is 2.75. The van der Waals surface area contributed by atoms with E-state index >= 15 is 0 Å². The maximum absolute atomic E-state index is 12.2. The first-order chi connectivity index (χ1) is 5.69. The van der Waals surface area contributed by atoms with E-state index in [2.05, 4.69) is 4.98 Å². The van der Waals surface area contributed by atoms with Crippen molar-refractivity contribution in [2.45, 2.75) is 20.0 Å². The minimum absolute atomic E-state index is 0.0225. The zero-order valence-electron chi connectivity index (χ0n) is 6.50. The molecule has 0 radical (unpaired) electrons. The predicted molar refractivity (Wildman–Crippen MR) is 43.3 cm³/mol. The van der Waals surface area contributed by atoms with Gasteiger partial charge < -0.3 is 5.11 Å². The van der Waals surface area contributed by atoms with Crippen LogP contribution in [0.3, 0.4) is 0 Å². The highest BCUT2D eigenvalue weighted by Crippen LogP contribution is 2.19. The second kappa shape index (κ2) is 3.62. The smallest absolute Gasteiger partial charge is 0.347 e. The van der Waals surface area contributed by atoms with Gasteiger partial charge in [0.15, 0.2) is 0 Å². The molecule has 1 aromatic heterocycles. The molecular weight excluding hydrogens is 181 g/mol. The summed E-state index contributed by atoms with van der Waals surface area (Å²) < 4.78 is 12.2. The average Bonchev–Trinajstić information content (AvgIpc) is 2.47. The van der Waals surface area contributed by atoms with Gasteiger partial charge in [0.05, 0.1) is 10.7 Å². The highest BCUT2D eigenvalue weighted by atomic mass is 32.1. The Bertz CT molecular complexity index is 298. The van der Waals surface area contributed by atoms with Crippen LogP contribution in [0.25, 0.3) is 0 Å². The zero-order chi connectivity index (χ0) is 9.14. The van der Waals surface area contributed by atoms with E-state index in [9.17, 15) is 9.18 Å². The Balaban J connectivity index is 3.08. The van der Waals surface area contributed by atoms with E-state index in [0.29, 0.717) is 11.4 Å². The fourth-order valence-corrected chi connectivity index (χ4v) is 1.65. The van der Waals surface area contributed by atoms with Gasteiger partial charge in [-0.15, -0.1) is 11.3 Å². The van der Waals surface area contributed by atoms with Crippen LogP contribution < -0.4 is 0 Å². The number of carbonyl (C=O) groups is 1. The van der Waals surface area contributed by atoms with E-state index in [-0.39, 0.29) is 10.6 Å². The van der Waals surface area contributed by atoms with E-state index in [1.165, 1.54) is 0 Å². The zero-order valence-corrected chi connectivity index (χ0v) is 7.32. The number of carboxylic acids is 1. The fourth-order valence-electron chi connectivity index (χ4n) is 0.810. The molecule has 1 aromatic rings. The summed E-state index contributed by atoms with van der Waals surface area (Å²) in [5.41, 5.74) is 0.0457. The molecule has 0 spiro atoms. The van der Waals surface area contributed by atoms with Gasteiger partial charge in [0, 0.05) is 0 Å². The number of hydrogen-bond acceptors (Lipinski definition) is 3. The Morgan fingerprint density at radius 3 is 2.75 bits per heavy atom. The second-order valence-electron chi connectivity index (χ2n) is 2.18. The summed E-state index contributed by atoms with van der Waals surface area (Å²) in [6, 6.07) is 0. The molecular formula is C7H8FNO2S. The molecule has 0 aliphatic rings. The normalized spacial score (nSPS) is 10.2. The van der Waals surface area contributed by atoms with E-state index in [1.807, 2.05) is 6.92 Å². The molecule has 0 fully saturated rings. The van der Waals surface area contributed by atoms with Gasteiger partial charge in [-0.1, -0.05) is 6.92 Å². The van der Waals surface area contributed by atoms with Crippen molar-refractivity contribution in [3.8, 4) is 0 Å². The van der Waals surface area contributed by atoms with Crippen molar-refractivity contribution >= 4 is 17.3 Å². The first kappa shape index (κ1) is 9.12. The van der Waals surface area contributed by atoms with Gasteiger partial charge in [-0.25, -0.2) is 14.2 Å². The summed E-state index contributed by atoms with van der Waals surface area (Å²) >= 11 is 1.04. The monoisotopic (exact) mass is 189 g/mol. The van der Waals surface area contributed by atoms with Crippen LogP contribution in [0.4, 0.5) is 4.39 Å². The topological polar surface area (TPSA) is 50.2 Å². The third-order valence-corrected chi connectivity index (χ3v) is 2.59. The molecule has 1 heterocycles. The molecule has 0 atom stereocenters. The number of rotatable bonds is 3. The van der Waals surface area contributed by atoms with Gasteiger partial charge in [0.2, 0.25) is 0 Å². The number of aromatic carboxylic acids is 1. The first-order valence-electron chi connectivity index (χ1n) is 3.46. The molecule has 66 valence electrons. The van der Waals surface area contributed by atoms with Crippen LogP contribution in [0.5, 0.6) is 0 Å². The summed E-state index contributed by atoms with van der Waals surface area (Å²) in [6.45, 7) is 1.05. The van der Waals surface area contributed by atoms with Crippen LogP contribution in [0.2, 0.25) is 0 Å². The summed E-state index contributed by atoms with van der Waals surface area (Å²) in [5, 5.41) is 9.28. The van der Waals surface area contributed by atoms with Crippen LogP contribution in [0, 0.1) is 0 Å². The minimum atomic E-state index is -1.10. The largest absolute Gasteiger partial charge is 0.477 e. The minimum Gasteiger partial charge on any atom is -0.477 e. The number of thiazole rings is 1. The van der Waals surface area contributed by atoms with Crippen LogP contribution in [-0.2, 0) is 13.1 Å². The third-order valence-electron chi connectivity index (χ3n) is 1.36. The Hall–Kier alpha value is -0.970. The molecule has 0 aliphatic carbocycles. The lowest BCUT2D eigenvalue weighted by molar-refractivity contribution is 0.0700. The molecule has 1 rings (SSSR count). The molecule has 5 heteroatoms. The molecule has 0 aromatic carbocycles. The molecule has 1 N–H and O–H groups in total. The molecule has 0 amide bonds. The van der Waals surface area contributed by atoms with Crippen LogP contribution in [0.1, 0.15) is 27.3 Å². The van der Waals surface area contributed by atoms with Gasteiger partial charge in [-0.3, -0.25) is 0 Å². The maximum atomic E-state index is 12.2. The van der Waals surface area contributed by atoms with E-state index in [0.717, 1.165) is 11.3 Å². The number of nitrogens with zero attached hydrogens (tertiary/aromatic N) is 1. The lowest BCUT2D eigenvalue weighted by Gasteiger charge is -1.87. The molecule has 0 saturated carbocycles. The number of hydrogen-bond donors (Lipinski definition) is 1. The van der Waals surface area contributed by atoms with Gasteiger partial charge in [-0.2, -0.15) is 0 Å². The quantitative estimate of drug-likeness (QED) is 0.789. The average molecular weight is 189 g/mol. The van der Waals surface area contributed by atoms with Crippen molar-refractivity contribution in [2.75, 3.05) is 0 Å². The maximum Gasteiger partial charge on any atom is 0.347 e. The first-order valence-corrected chi connectivity index (χ1v) is 4.28. The lowest BCUT2D eigenvalue weighted by Crippen LogP contribution is -1.96. The Morgan fingerprint density at radius 1 is 1.75 bits per heavy atom. The van der Waals surface area contributed by atoms with Crippen molar-refractivity contribution < 1.29 is 14.3 Å². The van der Waals surface area contributed by atoms with Gasteiger partial charge in [0.1, 0.15) is 11.6 Å². The summed E-state index contributed by atoms with van der Waals surface area (Å²) in [4.78, 5) is 14.4. The number of aromatic nitrogens is 1. The van der Waals surface area contributed by atoms with Crippen LogP contribution >= 0.6 is 11.3 Å². The molecule has 12 heavy (non-hydrogen) atoms. The van der Waals surface area contributed by atoms with Crippen molar-refractivity contribution in [2.24, 2.45) is 0 Å². The molecule has 3 nitrogen and oxygen atoms in total.